The molecule has 0 unspecified atom stereocenters. The van der Waals surface area contributed by atoms with Gasteiger partial charge in [0.25, 0.3) is 0 Å². The molecule has 0 aliphatic carbocycles. The van der Waals surface area contributed by atoms with Gasteiger partial charge in [-0.2, -0.15) is 0 Å². The van der Waals surface area contributed by atoms with E-state index in [-0.39, 0.29) is 0 Å². The lowest BCUT2D eigenvalue weighted by Gasteiger charge is -1.86. The summed E-state index contributed by atoms with van der Waals surface area (Å²) in [7, 11) is 0. The molecular formula is C9H14N2. The molecule has 0 aliphatic heterocycles. The van der Waals surface area contributed by atoms with Crippen LogP contribution in [0.5, 0.6) is 0 Å². The number of aliphatic imine (C=N–C) groups is 2. The third-order valence-corrected chi connectivity index (χ3v) is 0.692. The Morgan fingerprint density at radius 3 is 2.18 bits per heavy atom. The van der Waals surface area contributed by atoms with Gasteiger partial charge in [0.15, 0.2) is 0 Å². The Morgan fingerprint density at radius 1 is 1.45 bits per heavy atom. The molecule has 0 bridgehead atoms. The van der Waals surface area contributed by atoms with Gasteiger partial charge < -0.3 is 0 Å². The molecule has 0 aliphatic rings. The maximum atomic E-state index is 4.96. The Balaban J connectivity index is 0. The van der Waals surface area contributed by atoms with E-state index in [1.54, 1.807) is 6.92 Å². The highest BCUT2D eigenvalue weighted by Crippen LogP contribution is 1.89. The summed E-state index contributed by atoms with van der Waals surface area (Å²) in [6.07, 6.45) is 4.96. The molecular weight excluding hydrogens is 136 g/mol. The number of terminal acetylenes is 1. The summed E-state index contributed by atoms with van der Waals surface area (Å²) in [5.74, 6) is 2.80. The largest absolute Gasteiger partial charge is 0.249 e. The Labute approximate surface area is 68.8 Å². The van der Waals surface area contributed by atoms with Crippen molar-refractivity contribution in [3.8, 4) is 12.3 Å². The molecule has 0 amide bonds. The summed E-state index contributed by atoms with van der Waals surface area (Å²) >= 11 is 0. The summed E-state index contributed by atoms with van der Waals surface area (Å²) in [6.45, 7) is 12.4. The van der Waals surface area contributed by atoms with E-state index >= 15 is 0 Å². The van der Waals surface area contributed by atoms with Crippen molar-refractivity contribution >= 4 is 12.6 Å². The van der Waals surface area contributed by atoms with Gasteiger partial charge in [-0.3, -0.25) is 0 Å². The van der Waals surface area contributed by atoms with Crippen molar-refractivity contribution in [3.63, 3.8) is 0 Å². The van der Waals surface area contributed by atoms with Gasteiger partial charge in [-0.15, -0.1) is 6.42 Å². The van der Waals surface area contributed by atoms with Crippen LogP contribution >= 0.6 is 0 Å². The molecule has 0 spiro atoms. The van der Waals surface area contributed by atoms with E-state index in [9.17, 15) is 0 Å². The van der Waals surface area contributed by atoms with Gasteiger partial charge in [0, 0.05) is 0 Å². The average molecular weight is 150 g/mol. The predicted octanol–water partition coefficient (Wildman–Crippen LogP) is 2.28. The molecule has 11 heavy (non-hydrogen) atoms. The number of allylic oxidation sites excluding steroid dienone is 1. The number of hydrogen-bond donors (Lipinski definition) is 0. The van der Waals surface area contributed by atoms with Crippen molar-refractivity contribution in [2.45, 2.75) is 20.8 Å². The van der Waals surface area contributed by atoms with Gasteiger partial charge in [-0.05, 0) is 13.6 Å². The van der Waals surface area contributed by atoms with Gasteiger partial charge >= 0.3 is 0 Å². The van der Waals surface area contributed by atoms with Crippen LogP contribution in [0.4, 0.5) is 0 Å². The van der Waals surface area contributed by atoms with Crippen molar-refractivity contribution in [2.24, 2.45) is 9.98 Å². The fourth-order valence-corrected chi connectivity index (χ4v) is 0.263. The van der Waals surface area contributed by atoms with Crippen LogP contribution in [0.2, 0.25) is 0 Å². The van der Waals surface area contributed by atoms with Crippen LogP contribution < -0.4 is 0 Å². The molecule has 2 nitrogen and oxygen atoms in total. The first-order chi connectivity index (χ1) is 5.20. The monoisotopic (exact) mass is 150 g/mol. The fraction of sp³-hybridized carbons (Fsp3) is 0.333. The van der Waals surface area contributed by atoms with Gasteiger partial charge in [0.2, 0.25) is 0 Å². The molecule has 0 saturated carbocycles. The molecule has 0 rings (SSSR count). The predicted molar refractivity (Wildman–Crippen MR) is 52.0 cm³/mol. The smallest absolute Gasteiger partial charge is 0.125 e. The van der Waals surface area contributed by atoms with Crippen LogP contribution in [0.25, 0.3) is 0 Å². The molecule has 0 aromatic carbocycles. The number of amidine groups is 1. The van der Waals surface area contributed by atoms with E-state index in [0.29, 0.717) is 11.5 Å². The van der Waals surface area contributed by atoms with Crippen LogP contribution in [0, 0.1) is 12.3 Å². The molecule has 0 saturated heterocycles. The minimum atomic E-state index is 0.375. The quantitative estimate of drug-likeness (QED) is 0.311. The molecule has 60 valence electrons. The van der Waals surface area contributed by atoms with Crippen molar-refractivity contribution in [3.05, 3.63) is 12.3 Å². The van der Waals surface area contributed by atoms with Crippen molar-refractivity contribution < 1.29 is 0 Å². The summed E-state index contributed by atoms with van der Waals surface area (Å²) < 4.78 is 0. The molecule has 0 heterocycles. The zero-order chi connectivity index (χ0) is 9.28. The fourth-order valence-electron chi connectivity index (χ4n) is 0.263. The standard InChI is InChI=1S/C7H8N2.C2H6/c1-5-6(2)9-7(3)8-4;1-2/h1H,2,4H2,3H3;1-2H3. The van der Waals surface area contributed by atoms with Gasteiger partial charge in [0.05, 0.1) is 0 Å². The van der Waals surface area contributed by atoms with E-state index in [1.807, 2.05) is 13.8 Å². The first kappa shape index (κ1) is 12.3. The van der Waals surface area contributed by atoms with E-state index in [2.05, 4.69) is 29.2 Å². The minimum Gasteiger partial charge on any atom is -0.249 e. The van der Waals surface area contributed by atoms with Crippen molar-refractivity contribution in [1.29, 1.82) is 0 Å². The maximum absolute atomic E-state index is 4.96. The second-order valence-corrected chi connectivity index (χ2v) is 1.41. The maximum Gasteiger partial charge on any atom is 0.125 e. The van der Waals surface area contributed by atoms with Crippen LogP contribution in [-0.4, -0.2) is 12.6 Å². The van der Waals surface area contributed by atoms with Gasteiger partial charge in [-0.1, -0.05) is 26.3 Å². The van der Waals surface area contributed by atoms with Gasteiger partial charge in [-0.25, -0.2) is 9.98 Å². The molecule has 0 aromatic rings. The zero-order valence-corrected chi connectivity index (χ0v) is 7.39. The third-order valence-electron chi connectivity index (χ3n) is 0.692. The van der Waals surface area contributed by atoms with E-state index in [0.717, 1.165) is 0 Å². The van der Waals surface area contributed by atoms with E-state index < -0.39 is 0 Å². The summed E-state index contributed by atoms with van der Waals surface area (Å²) in [5.41, 5.74) is 0.375. The highest BCUT2D eigenvalue weighted by molar-refractivity contribution is 5.84. The highest BCUT2D eigenvalue weighted by atomic mass is 14.9. The summed E-state index contributed by atoms with van der Waals surface area (Å²) in [5, 5.41) is 0. The molecule has 0 radical (unpaired) electrons. The molecule has 0 aromatic heterocycles. The second-order valence-electron chi connectivity index (χ2n) is 1.41. The zero-order valence-electron chi connectivity index (χ0n) is 7.39. The topological polar surface area (TPSA) is 24.7 Å². The number of rotatable bonds is 1. The molecule has 0 N–H and O–H groups in total. The summed E-state index contributed by atoms with van der Waals surface area (Å²) in [4.78, 5) is 7.29. The van der Waals surface area contributed by atoms with E-state index in [1.165, 1.54) is 0 Å². The summed E-state index contributed by atoms with van der Waals surface area (Å²) in [6, 6.07) is 0. The lowest BCUT2D eigenvalue weighted by Crippen LogP contribution is -1.83. The number of hydrogen-bond acceptors (Lipinski definition) is 1. The van der Waals surface area contributed by atoms with Crippen LogP contribution in [0.1, 0.15) is 20.8 Å². The average Bonchev–Trinajstić information content (AvgIpc) is 2.07. The van der Waals surface area contributed by atoms with Crippen molar-refractivity contribution in [2.75, 3.05) is 0 Å². The molecule has 0 fully saturated rings. The normalized spacial score (nSPS) is 8.73. The van der Waals surface area contributed by atoms with Crippen LogP contribution in [0.15, 0.2) is 22.3 Å². The molecule has 2 heteroatoms. The number of nitrogens with zero attached hydrogens (tertiary/aromatic N) is 2. The Morgan fingerprint density at radius 2 is 1.91 bits per heavy atom. The second kappa shape index (κ2) is 8.64. The Hall–Kier alpha value is -1.36. The molecule has 0 atom stereocenters. The first-order valence-corrected chi connectivity index (χ1v) is 3.38. The van der Waals surface area contributed by atoms with E-state index in [4.69, 9.17) is 6.42 Å². The minimum absolute atomic E-state index is 0.375. The Bertz CT molecular complexity index is 194. The third kappa shape index (κ3) is 8.64. The first-order valence-electron chi connectivity index (χ1n) is 3.38. The lowest BCUT2D eigenvalue weighted by atomic mass is 10.5. The highest BCUT2D eigenvalue weighted by Gasteiger charge is 1.82. The van der Waals surface area contributed by atoms with Crippen LogP contribution in [0.3, 0.4) is 0 Å². The SMILES string of the molecule is C#CC(=C)N=C(C)N=C.CC. The van der Waals surface area contributed by atoms with Crippen molar-refractivity contribution in [1.82, 2.24) is 0 Å². The Kier molecular flexibility index (Phi) is 9.68. The van der Waals surface area contributed by atoms with Gasteiger partial charge in [0.1, 0.15) is 11.5 Å². The lowest BCUT2D eigenvalue weighted by molar-refractivity contribution is 1.41. The van der Waals surface area contributed by atoms with Crippen LogP contribution in [-0.2, 0) is 0 Å².